The summed E-state index contributed by atoms with van der Waals surface area (Å²) in [6.07, 6.45) is 0. The Hall–Kier alpha value is -2.37. The highest BCUT2D eigenvalue weighted by Crippen LogP contribution is 2.34. The zero-order valence-corrected chi connectivity index (χ0v) is 15.1. The molecule has 1 saturated heterocycles. The number of nitrogens with zero attached hydrogens (tertiary/aromatic N) is 1. The van der Waals surface area contributed by atoms with Crippen LogP contribution in [-0.2, 0) is 16.1 Å². The van der Waals surface area contributed by atoms with Crippen molar-refractivity contribution in [3.8, 4) is 0 Å². The van der Waals surface area contributed by atoms with Crippen LogP contribution < -0.4 is 0 Å². The van der Waals surface area contributed by atoms with Gasteiger partial charge >= 0.3 is 11.9 Å². The van der Waals surface area contributed by atoms with Crippen LogP contribution in [0.15, 0.2) is 48.5 Å². The summed E-state index contributed by atoms with van der Waals surface area (Å²) in [7, 11) is 1.40. The van der Waals surface area contributed by atoms with E-state index in [0.717, 1.165) is 11.1 Å². The average Bonchev–Trinajstić information content (AvgIpc) is 3.05. The van der Waals surface area contributed by atoms with Crippen molar-refractivity contribution < 1.29 is 19.4 Å². The molecule has 0 unspecified atom stereocenters. The Bertz CT molecular complexity index is 806. The fourth-order valence-corrected chi connectivity index (χ4v) is 3.64. The number of rotatable bonds is 5. The van der Waals surface area contributed by atoms with Gasteiger partial charge in [0.2, 0.25) is 0 Å². The van der Waals surface area contributed by atoms with Crippen molar-refractivity contribution in [3.05, 3.63) is 70.2 Å². The first-order chi connectivity index (χ1) is 12.5. The molecule has 0 amide bonds. The summed E-state index contributed by atoms with van der Waals surface area (Å²) in [6.45, 7) is 1.84. The van der Waals surface area contributed by atoms with Crippen molar-refractivity contribution in [2.24, 2.45) is 5.92 Å². The van der Waals surface area contributed by atoms with Gasteiger partial charge < -0.3 is 9.84 Å². The summed E-state index contributed by atoms with van der Waals surface area (Å²) < 4.78 is 4.99. The molecule has 0 radical (unpaired) electrons. The van der Waals surface area contributed by atoms with E-state index in [4.69, 9.17) is 21.4 Å². The van der Waals surface area contributed by atoms with Crippen LogP contribution in [0.1, 0.15) is 27.4 Å². The minimum atomic E-state index is -0.945. The molecule has 0 aliphatic carbocycles. The second kappa shape index (κ2) is 7.89. The number of carboxylic acid groups (broad SMARTS) is 1. The molecule has 5 nitrogen and oxygen atoms in total. The molecule has 0 aromatic heterocycles. The molecule has 0 bridgehead atoms. The Morgan fingerprint density at radius 3 is 2.58 bits per heavy atom. The summed E-state index contributed by atoms with van der Waals surface area (Å²) in [6, 6.07) is 14.4. The highest BCUT2D eigenvalue weighted by Gasteiger charge is 2.39. The van der Waals surface area contributed by atoms with E-state index in [0.29, 0.717) is 24.7 Å². The van der Waals surface area contributed by atoms with Gasteiger partial charge in [-0.2, -0.15) is 0 Å². The summed E-state index contributed by atoms with van der Waals surface area (Å²) in [5.41, 5.74) is 2.22. The summed E-state index contributed by atoms with van der Waals surface area (Å²) in [5.74, 6) is -1.42. The van der Waals surface area contributed by atoms with E-state index in [1.807, 2.05) is 30.3 Å². The second-order valence-electron chi connectivity index (χ2n) is 6.49. The Morgan fingerprint density at radius 2 is 1.92 bits per heavy atom. The molecular formula is C20H20ClNO4. The van der Waals surface area contributed by atoms with Crippen molar-refractivity contribution >= 4 is 23.5 Å². The van der Waals surface area contributed by atoms with Gasteiger partial charge in [0.1, 0.15) is 0 Å². The molecule has 136 valence electrons. The molecule has 0 spiro atoms. The molecule has 1 aliphatic heterocycles. The van der Waals surface area contributed by atoms with E-state index < -0.39 is 5.97 Å². The molecule has 2 atom stereocenters. The van der Waals surface area contributed by atoms with Crippen LogP contribution in [0.25, 0.3) is 0 Å². The smallest absolute Gasteiger partial charge is 0.335 e. The van der Waals surface area contributed by atoms with Crippen LogP contribution in [0.4, 0.5) is 0 Å². The first kappa shape index (κ1) is 18.4. The number of carbonyl (C=O) groups is 2. The predicted octanol–water partition coefficient (Wildman–Crippen LogP) is 3.43. The van der Waals surface area contributed by atoms with E-state index in [-0.39, 0.29) is 23.4 Å². The molecule has 1 N–H and O–H groups in total. The normalized spacial score (nSPS) is 20.1. The van der Waals surface area contributed by atoms with Crippen molar-refractivity contribution in [1.29, 1.82) is 0 Å². The van der Waals surface area contributed by atoms with Crippen LogP contribution in [0.2, 0.25) is 5.02 Å². The summed E-state index contributed by atoms with van der Waals surface area (Å²) in [5, 5.41) is 9.80. The Balaban J connectivity index is 1.79. The standard InChI is InChI=1S/C20H20ClNO4/c1-26-20(25)18-12-22(10-13-3-2-4-15(9-13)19(23)24)11-17(18)14-5-7-16(21)8-6-14/h2-9,17-18H,10-12H2,1H3,(H,23,24)/t17-,18+/m0/s1. The van der Waals surface area contributed by atoms with Gasteiger partial charge in [0.05, 0.1) is 18.6 Å². The Labute approximate surface area is 157 Å². The molecular weight excluding hydrogens is 354 g/mol. The summed E-state index contributed by atoms with van der Waals surface area (Å²) >= 11 is 5.97. The molecule has 26 heavy (non-hydrogen) atoms. The SMILES string of the molecule is COC(=O)[C@@H]1CN(Cc2cccc(C(=O)O)c2)C[C@H]1c1ccc(Cl)cc1. The van der Waals surface area contributed by atoms with Crippen LogP contribution >= 0.6 is 11.6 Å². The number of esters is 1. The average molecular weight is 374 g/mol. The van der Waals surface area contributed by atoms with Gasteiger partial charge in [0.15, 0.2) is 0 Å². The molecule has 0 saturated carbocycles. The van der Waals surface area contributed by atoms with E-state index >= 15 is 0 Å². The molecule has 1 heterocycles. The number of carbonyl (C=O) groups excluding carboxylic acids is 1. The zero-order chi connectivity index (χ0) is 18.7. The van der Waals surface area contributed by atoms with Gasteiger partial charge in [0.25, 0.3) is 0 Å². The third-order valence-electron chi connectivity index (χ3n) is 4.78. The third kappa shape index (κ3) is 4.06. The fraction of sp³-hybridized carbons (Fsp3) is 0.300. The van der Waals surface area contributed by atoms with E-state index in [1.165, 1.54) is 7.11 Å². The van der Waals surface area contributed by atoms with E-state index in [2.05, 4.69) is 4.90 Å². The van der Waals surface area contributed by atoms with Gasteiger partial charge in [-0.3, -0.25) is 9.69 Å². The number of hydrogen-bond acceptors (Lipinski definition) is 4. The van der Waals surface area contributed by atoms with Crippen molar-refractivity contribution in [3.63, 3.8) is 0 Å². The number of halogens is 1. The number of benzene rings is 2. The maximum absolute atomic E-state index is 12.3. The maximum Gasteiger partial charge on any atom is 0.335 e. The molecule has 2 aromatic rings. The number of likely N-dealkylation sites (tertiary alicyclic amines) is 1. The van der Waals surface area contributed by atoms with Crippen LogP contribution in [0, 0.1) is 5.92 Å². The molecule has 3 rings (SSSR count). The second-order valence-corrected chi connectivity index (χ2v) is 6.92. The van der Waals surface area contributed by atoms with Crippen LogP contribution in [0.3, 0.4) is 0 Å². The molecule has 6 heteroatoms. The largest absolute Gasteiger partial charge is 0.478 e. The van der Waals surface area contributed by atoms with Gasteiger partial charge in [-0.15, -0.1) is 0 Å². The number of carboxylic acids is 1. The van der Waals surface area contributed by atoms with Crippen LogP contribution in [0.5, 0.6) is 0 Å². The summed E-state index contributed by atoms with van der Waals surface area (Å²) in [4.78, 5) is 25.6. The van der Waals surface area contributed by atoms with E-state index in [9.17, 15) is 9.59 Å². The van der Waals surface area contributed by atoms with Crippen molar-refractivity contribution in [2.75, 3.05) is 20.2 Å². The lowest BCUT2D eigenvalue weighted by atomic mass is 9.89. The minimum absolute atomic E-state index is 0.0161. The van der Waals surface area contributed by atoms with Crippen LogP contribution in [-0.4, -0.2) is 42.1 Å². The fourth-order valence-electron chi connectivity index (χ4n) is 3.51. The number of aromatic carboxylic acids is 1. The molecule has 2 aromatic carbocycles. The lowest BCUT2D eigenvalue weighted by Crippen LogP contribution is -2.24. The predicted molar refractivity (Wildman–Crippen MR) is 98.4 cm³/mol. The number of hydrogen-bond donors (Lipinski definition) is 1. The quantitative estimate of drug-likeness (QED) is 0.813. The monoisotopic (exact) mass is 373 g/mol. The topological polar surface area (TPSA) is 66.8 Å². The van der Waals surface area contributed by atoms with Gasteiger partial charge in [-0.05, 0) is 35.4 Å². The minimum Gasteiger partial charge on any atom is -0.478 e. The first-order valence-electron chi connectivity index (χ1n) is 8.36. The van der Waals surface area contributed by atoms with Gasteiger partial charge in [-0.1, -0.05) is 35.9 Å². The molecule has 1 aliphatic rings. The maximum atomic E-state index is 12.3. The Kier molecular flexibility index (Phi) is 5.59. The third-order valence-corrected chi connectivity index (χ3v) is 5.03. The highest BCUT2D eigenvalue weighted by atomic mass is 35.5. The van der Waals surface area contributed by atoms with E-state index in [1.54, 1.807) is 18.2 Å². The number of ether oxygens (including phenoxy) is 1. The molecule has 1 fully saturated rings. The number of methoxy groups -OCH3 is 1. The van der Waals surface area contributed by atoms with Crippen molar-refractivity contribution in [1.82, 2.24) is 4.90 Å². The Morgan fingerprint density at radius 1 is 1.19 bits per heavy atom. The lowest BCUT2D eigenvalue weighted by Gasteiger charge is -2.17. The van der Waals surface area contributed by atoms with Gasteiger partial charge in [-0.25, -0.2) is 4.79 Å². The van der Waals surface area contributed by atoms with Gasteiger partial charge in [0, 0.05) is 30.6 Å². The van der Waals surface area contributed by atoms with Crippen molar-refractivity contribution in [2.45, 2.75) is 12.5 Å². The lowest BCUT2D eigenvalue weighted by molar-refractivity contribution is -0.145. The highest BCUT2D eigenvalue weighted by molar-refractivity contribution is 6.30. The zero-order valence-electron chi connectivity index (χ0n) is 14.4. The first-order valence-corrected chi connectivity index (χ1v) is 8.73.